The second kappa shape index (κ2) is 8.94. The molecule has 25 heavy (non-hydrogen) atoms. The van der Waals surface area contributed by atoms with Crippen LogP contribution in [0.3, 0.4) is 0 Å². The van der Waals surface area contributed by atoms with Gasteiger partial charge in [0.15, 0.2) is 0 Å². The first-order chi connectivity index (χ1) is 12.0. The molecule has 0 radical (unpaired) electrons. The van der Waals surface area contributed by atoms with Gasteiger partial charge in [-0.25, -0.2) is 4.39 Å². The third-order valence-corrected chi connectivity index (χ3v) is 3.89. The van der Waals surface area contributed by atoms with Gasteiger partial charge in [-0.3, -0.25) is 9.59 Å². The van der Waals surface area contributed by atoms with E-state index in [9.17, 15) is 19.1 Å². The van der Waals surface area contributed by atoms with Crippen LogP contribution in [0.25, 0.3) is 0 Å². The predicted octanol–water partition coefficient (Wildman–Crippen LogP) is 2.36. The summed E-state index contributed by atoms with van der Waals surface area (Å²) in [7, 11) is 0. The fraction of sp³-hybridized carbons (Fsp3) is 0.263. The number of aliphatic hydroxyl groups is 1. The van der Waals surface area contributed by atoms with Crippen LogP contribution in [-0.2, 0) is 9.59 Å². The van der Waals surface area contributed by atoms with Crippen molar-refractivity contribution in [2.24, 2.45) is 0 Å². The molecule has 2 aromatic carbocycles. The molecule has 0 saturated heterocycles. The maximum Gasteiger partial charge on any atom is 0.313 e. The van der Waals surface area contributed by atoms with Crippen molar-refractivity contribution < 1.29 is 19.1 Å². The molecular formula is C19H21FN2O3. The van der Waals surface area contributed by atoms with E-state index in [2.05, 4.69) is 10.6 Å². The van der Waals surface area contributed by atoms with Crippen molar-refractivity contribution in [3.63, 3.8) is 0 Å². The van der Waals surface area contributed by atoms with Crippen molar-refractivity contribution in [1.82, 2.24) is 5.32 Å². The van der Waals surface area contributed by atoms with Crippen LogP contribution in [0.15, 0.2) is 48.5 Å². The summed E-state index contributed by atoms with van der Waals surface area (Å²) >= 11 is 0. The second-order valence-corrected chi connectivity index (χ2v) is 5.75. The number of hydrogen-bond acceptors (Lipinski definition) is 3. The topological polar surface area (TPSA) is 78.4 Å². The molecule has 0 bridgehead atoms. The van der Waals surface area contributed by atoms with Crippen LogP contribution >= 0.6 is 0 Å². The normalized spacial score (nSPS) is 11.6. The number of rotatable bonds is 6. The molecule has 5 nitrogen and oxygen atoms in total. The summed E-state index contributed by atoms with van der Waals surface area (Å²) in [5.41, 5.74) is 1.65. The molecule has 0 aromatic heterocycles. The molecule has 0 aliphatic carbocycles. The summed E-state index contributed by atoms with van der Waals surface area (Å²) in [6.45, 7) is 1.81. The number of carbonyl (C=O) groups is 2. The molecule has 2 aromatic rings. The number of aryl methyl sites for hydroxylation is 1. The monoisotopic (exact) mass is 344 g/mol. The maximum absolute atomic E-state index is 13.5. The van der Waals surface area contributed by atoms with E-state index in [1.165, 1.54) is 18.2 Å². The number of hydrogen-bond donors (Lipinski definition) is 3. The summed E-state index contributed by atoms with van der Waals surface area (Å²) in [4.78, 5) is 23.9. The summed E-state index contributed by atoms with van der Waals surface area (Å²) in [6.07, 6.45) is 0.467. The first-order valence-corrected chi connectivity index (χ1v) is 8.02. The zero-order valence-corrected chi connectivity index (χ0v) is 14.0. The third kappa shape index (κ3) is 5.39. The number of carbonyl (C=O) groups excluding carboxylic acids is 2. The van der Waals surface area contributed by atoms with Crippen LogP contribution in [0, 0.1) is 12.7 Å². The SMILES string of the molecule is Cc1ccc(NC(=O)C(=O)NC[C@@H](CCO)c2ccccc2)cc1F. The summed E-state index contributed by atoms with van der Waals surface area (Å²) < 4.78 is 13.5. The fourth-order valence-corrected chi connectivity index (χ4v) is 2.42. The van der Waals surface area contributed by atoms with E-state index >= 15 is 0 Å². The Morgan fingerprint density at radius 3 is 2.48 bits per heavy atom. The standard InChI is InChI=1S/C19H21FN2O3/c1-13-7-8-16(11-17(13)20)22-19(25)18(24)21-12-15(9-10-23)14-5-3-2-4-6-14/h2-8,11,15,23H,9-10,12H2,1H3,(H,21,24)(H,22,25)/t15-/m1/s1. The first-order valence-electron chi connectivity index (χ1n) is 8.02. The van der Waals surface area contributed by atoms with Gasteiger partial charge in [0.2, 0.25) is 0 Å². The molecule has 0 fully saturated rings. The average Bonchev–Trinajstić information content (AvgIpc) is 2.62. The van der Waals surface area contributed by atoms with Gasteiger partial charge in [0.05, 0.1) is 0 Å². The van der Waals surface area contributed by atoms with Gasteiger partial charge in [0.1, 0.15) is 5.82 Å². The van der Waals surface area contributed by atoms with Crippen molar-refractivity contribution in [2.75, 3.05) is 18.5 Å². The van der Waals surface area contributed by atoms with E-state index in [0.29, 0.717) is 12.0 Å². The van der Waals surface area contributed by atoms with Gasteiger partial charge in [-0.05, 0) is 36.6 Å². The predicted molar refractivity (Wildman–Crippen MR) is 93.7 cm³/mol. The number of aliphatic hydroxyl groups excluding tert-OH is 1. The number of anilines is 1. The Kier molecular flexibility index (Phi) is 6.65. The molecule has 6 heteroatoms. The maximum atomic E-state index is 13.5. The highest BCUT2D eigenvalue weighted by Crippen LogP contribution is 2.18. The molecule has 0 saturated carbocycles. The Morgan fingerprint density at radius 2 is 1.84 bits per heavy atom. The highest BCUT2D eigenvalue weighted by atomic mass is 19.1. The lowest BCUT2D eigenvalue weighted by molar-refractivity contribution is -0.136. The summed E-state index contributed by atoms with van der Waals surface area (Å²) in [6, 6.07) is 13.7. The van der Waals surface area contributed by atoms with Crippen LogP contribution in [-0.4, -0.2) is 30.1 Å². The Hall–Kier alpha value is -2.73. The minimum atomic E-state index is -0.862. The summed E-state index contributed by atoms with van der Waals surface area (Å²) in [5.74, 6) is -2.22. The number of benzene rings is 2. The zero-order chi connectivity index (χ0) is 18.2. The minimum Gasteiger partial charge on any atom is -0.396 e. The Bertz CT molecular complexity index is 735. The zero-order valence-electron chi connectivity index (χ0n) is 14.0. The molecule has 0 aliphatic heterocycles. The van der Waals surface area contributed by atoms with Gasteiger partial charge >= 0.3 is 11.8 Å². The molecule has 0 spiro atoms. The quantitative estimate of drug-likeness (QED) is 0.704. The minimum absolute atomic E-state index is 0.0235. The van der Waals surface area contributed by atoms with E-state index < -0.39 is 17.6 Å². The van der Waals surface area contributed by atoms with Gasteiger partial charge in [0.25, 0.3) is 0 Å². The average molecular weight is 344 g/mol. The van der Waals surface area contributed by atoms with Crippen LogP contribution in [0.4, 0.5) is 10.1 Å². The molecular weight excluding hydrogens is 323 g/mol. The van der Waals surface area contributed by atoms with Crippen molar-refractivity contribution >= 4 is 17.5 Å². The highest BCUT2D eigenvalue weighted by molar-refractivity contribution is 6.39. The lowest BCUT2D eigenvalue weighted by Gasteiger charge is -2.17. The van der Waals surface area contributed by atoms with Crippen LogP contribution in [0.5, 0.6) is 0 Å². The molecule has 2 amide bonds. The van der Waals surface area contributed by atoms with E-state index in [1.54, 1.807) is 6.92 Å². The van der Waals surface area contributed by atoms with Gasteiger partial charge in [0, 0.05) is 24.8 Å². The molecule has 0 heterocycles. The number of halogens is 1. The lowest BCUT2D eigenvalue weighted by Crippen LogP contribution is -2.37. The van der Waals surface area contributed by atoms with Crippen molar-refractivity contribution in [3.8, 4) is 0 Å². The van der Waals surface area contributed by atoms with Crippen molar-refractivity contribution in [1.29, 1.82) is 0 Å². The van der Waals surface area contributed by atoms with E-state index in [0.717, 1.165) is 5.56 Å². The van der Waals surface area contributed by atoms with Gasteiger partial charge in [-0.1, -0.05) is 36.4 Å². The molecule has 3 N–H and O–H groups in total. The highest BCUT2D eigenvalue weighted by Gasteiger charge is 2.17. The van der Waals surface area contributed by atoms with Crippen molar-refractivity contribution in [2.45, 2.75) is 19.3 Å². The van der Waals surface area contributed by atoms with E-state index in [1.807, 2.05) is 30.3 Å². The second-order valence-electron chi connectivity index (χ2n) is 5.75. The summed E-state index contributed by atoms with van der Waals surface area (Å²) in [5, 5.41) is 14.1. The third-order valence-electron chi connectivity index (χ3n) is 3.89. The number of amides is 2. The first kappa shape index (κ1) is 18.6. The molecule has 2 rings (SSSR count). The Labute approximate surface area is 145 Å². The van der Waals surface area contributed by atoms with Gasteiger partial charge in [-0.2, -0.15) is 0 Å². The van der Waals surface area contributed by atoms with Gasteiger partial charge in [-0.15, -0.1) is 0 Å². The van der Waals surface area contributed by atoms with E-state index in [-0.39, 0.29) is 24.8 Å². The largest absolute Gasteiger partial charge is 0.396 e. The van der Waals surface area contributed by atoms with Crippen LogP contribution in [0.2, 0.25) is 0 Å². The molecule has 0 aliphatic rings. The molecule has 0 unspecified atom stereocenters. The van der Waals surface area contributed by atoms with Crippen molar-refractivity contribution in [3.05, 3.63) is 65.5 Å². The van der Waals surface area contributed by atoms with Crippen LogP contribution in [0.1, 0.15) is 23.5 Å². The Balaban J connectivity index is 1.93. The van der Waals surface area contributed by atoms with E-state index in [4.69, 9.17) is 0 Å². The lowest BCUT2D eigenvalue weighted by atomic mass is 9.96. The smallest absolute Gasteiger partial charge is 0.313 e. The Morgan fingerprint density at radius 1 is 1.12 bits per heavy atom. The van der Waals surface area contributed by atoms with Crippen LogP contribution < -0.4 is 10.6 Å². The fourth-order valence-electron chi connectivity index (χ4n) is 2.42. The number of nitrogens with one attached hydrogen (secondary N) is 2. The van der Waals surface area contributed by atoms with Gasteiger partial charge < -0.3 is 15.7 Å². The molecule has 132 valence electrons. The molecule has 1 atom stereocenters.